The van der Waals surface area contributed by atoms with Crippen LogP contribution in [0, 0.1) is 0 Å². The van der Waals surface area contributed by atoms with Gasteiger partial charge < -0.3 is 25.3 Å². The lowest BCUT2D eigenvalue weighted by Crippen LogP contribution is -2.08. The van der Waals surface area contributed by atoms with Crippen molar-refractivity contribution in [3.8, 4) is 17.2 Å². The molecule has 0 aliphatic heterocycles. The minimum absolute atomic E-state index is 0.226. The zero-order chi connectivity index (χ0) is 22.9. The number of nitrogens with one attached hydrogen (secondary N) is 1. The largest absolute Gasteiger partial charge is 0.493 e. The van der Waals surface area contributed by atoms with Crippen LogP contribution >= 0.6 is 0 Å². The Morgan fingerprint density at radius 1 is 0.812 bits per heavy atom. The summed E-state index contributed by atoms with van der Waals surface area (Å²) in [5.74, 6) is 1.45. The summed E-state index contributed by atoms with van der Waals surface area (Å²) in [5, 5.41) is 2.92. The molecule has 6 heteroatoms. The molecule has 0 heterocycles. The Labute approximate surface area is 187 Å². The molecule has 0 atom stereocenters. The zero-order valence-electron chi connectivity index (χ0n) is 18.3. The summed E-state index contributed by atoms with van der Waals surface area (Å²) in [6.07, 6.45) is 7.06. The number of rotatable bonds is 8. The highest BCUT2D eigenvalue weighted by molar-refractivity contribution is 6.03. The molecule has 32 heavy (non-hydrogen) atoms. The van der Waals surface area contributed by atoms with Gasteiger partial charge in [-0.2, -0.15) is 0 Å². The van der Waals surface area contributed by atoms with Crippen LogP contribution in [0.25, 0.3) is 18.2 Å². The number of hydrogen-bond donors (Lipinski definition) is 2. The lowest BCUT2D eigenvalue weighted by molar-refractivity contribution is -0.111. The first-order valence-electron chi connectivity index (χ1n) is 9.95. The number of hydrogen-bond acceptors (Lipinski definition) is 5. The zero-order valence-corrected chi connectivity index (χ0v) is 18.3. The highest BCUT2D eigenvalue weighted by Gasteiger charge is 2.12. The monoisotopic (exact) mass is 430 g/mol. The van der Waals surface area contributed by atoms with Gasteiger partial charge in [0.2, 0.25) is 11.7 Å². The highest BCUT2D eigenvalue weighted by atomic mass is 16.5. The summed E-state index contributed by atoms with van der Waals surface area (Å²) in [6, 6.07) is 18.6. The normalized spacial score (nSPS) is 11.0. The Balaban J connectivity index is 1.79. The van der Waals surface area contributed by atoms with Gasteiger partial charge in [0.1, 0.15) is 0 Å². The maximum Gasteiger partial charge on any atom is 0.248 e. The number of benzene rings is 3. The number of carbonyl (C=O) groups is 1. The second-order valence-electron chi connectivity index (χ2n) is 6.87. The molecule has 0 aliphatic carbocycles. The van der Waals surface area contributed by atoms with Crippen molar-refractivity contribution < 1.29 is 19.0 Å². The Morgan fingerprint density at radius 3 is 2.09 bits per heavy atom. The van der Waals surface area contributed by atoms with E-state index >= 15 is 0 Å². The Morgan fingerprint density at radius 2 is 1.47 bits per heavy atom. The van der Waals surface area contributed by atoms with E-state index < -0.39 is 0 Å². The molecule has 1 amide bonds. The average molecular weight is 431 g/mol. The van der Waals surface area contributed by atoms with Crippen molar-refractivity contribution in [3.05, 3.63) is 83.4 Å². The van der Waals surface area contributed by atoms with Crippen molar-refractivity contribution in [2.24, 2.45) is 0 Å². The molecule has 6 nitrogen and oxygen atoms in total. The predicted molar refractivity (Wildman–Crippen MR) is 130 cm³/mol. The van der Waals surface area contributed by atoms with E-state index in [1.165, 1.54) is 6.08 Å². The highest BCUT2D eigenvalue weighted by Crippen LogP contribution is 2.38. The average Bonchev–Trinajstić information content (AvgIpc) is 2.82. The lowest BCUT2D eigenvalue weighted by atomic mass is 10.1. The first kappa shape index (κ1) is 22.5. The first-order valence-corrected chi connectivity index (χ1v) is 9.95. The Kier molecular flexibility index (Phi) is 7.54. The SMILES string of the molecule is COc1cc(/C=C/c2ccccc2NC(=O)/C=C/c2ccc(N)cc2)cc(OC)c1OC. The van der Waals surface area contributed by atoms with Gasteiger partial charge in [0, 0.05) is 17.5 Å². The van der Waals surface area contributed by atoms with Gasteiger partial charge in [-0.15, -0.1) is 0 Å². The van der Waals surface area contributed by atoms with Crippen molar-refractivity contribution in [1.82, 2.24) is 0 Å². The minimum Gasteiger partial charge on any atom is -0.493 e. The number of para-hydroxylation sites is 1. The standard InChI is InChI=1S/C26H26N2O4/c1-30-23-16-19(17-24(31-2)26(23)32-3)8-12-20-6-4-5-7-22(20)28-25(29)15-11-18-9-13-21(27)14-10-18/h4-17H,27H2,1-3H3,(H,28,29)/b12-8+,15-11+. The fraction of sp³-hybridized carbons (Fsp3) is 0.115. The molecular formula is C26H26N2O4. The van der Waals surface area contributed by atoms with Crippen LogP contribution in [0.1, 0.15) is 16.7 Å². The molecule has 164 valence electrons. The van der Waals surface area contributed by atoms with Gasteiger partial charge in [0.25, 0.3) is 0 Å². The van der Waals surface area contributed by atoms with Crippen LogP contribution in [0.3, 0.4) is 0 Å². The van der Waals surface area contributed by atoms with Crippen LogP contribution in [0.5, 0.6) is 17.2 Å². The van der Waals surface area contributed by atoms with Crippen LogP contribution in [0.2, 0.25) is 0 Å². The predicted octanol–water partition coefficient (Wildman–Crippen LogP) is 5.12. The van der Waals surface area contributed by atoms with Gasteiger partial charge in [-0.1, -0.05) is 42.5 Å². The topological polar surface area (TPSA) is 82.8 Å². The second kappa shape index (κ2) is 10.7. The minimum atomic E-state index is -0.226. The summed E-state index contributed by atoms with van der Waals surface area (Å²) in [7, 11) is 4.72. The first-order chi connectivity index (χ1) is 15.5. The Hall–Kier alpha value is -4.19. The number of anilines is 2. The summed E-state index contributed by atoms with van der Waals surface area (Å²) < 4.78 is 16.2. The maximum atomic E-state index is 12.4. The molecule has 0 saturated heterocycles. The molecule has 0 aromatic heterocycles. The molecule has 0 unspecified atom stereocenters. The molecule has 3 N–H and O–H groups in total. The summed E-state index contributed by atoms with van der Waals surface area (Å²) in [4.78, 5) is 12.4. The van der Waals surface area contributed by atoms with Gasteiger partial charge in [-0.25, -0.2) is 0 Å². The number of nitrogens with two attached hydrogens (primary N) is 1. The lowest BCUT2D eigenvalue weighted by Gasteiger charge is -2.13. The molecule has 3 aromatic carbocycles. The van der Waals surface area contributed by atoms with E-state index in [1.54, 1.807) is 39.5 Å². The third kappa shape index (κ3) is 5.70. The molecular weight excluding hydrogens is 404 g/mol. The van der Waals surface area contributed by atoms with Gasteiger partial charge in [-0.3, -0.25) is 4.79 Å². The fourth-order valence-electron chi connectivity index (χ4n) is 3.09. The number of carbonyl (C=O) groups excluding carboxylic acids is 1. The van der Waals surface area contributed by atoms with E-state index in [0.717, 1.165) is 16.7 Å². The van der Waals surface area contributed by atoms with Crippen molar-refractivity contribution in [2.45, 2.75) is 0 Å². The van der Waals surface area contributed by atoms with E-state index in [9.17, 15) is 4.79 Å². The molecule has 0 fully saturated rings. The van der Waals surface area contributed by atoms with Crippen LogP contribution in [0.15, 0.2) is 66.7 Å². The smallest absolute Gasteiger partial charge is 0.248 e. The molecule has 0 bridgehead atoms. The summed E-state index contributed by atoms with van der Waals surface area (Å²) in [6.45, 7) is 0. The van der Waals surface area contributed by atoms with E-state index in [1.807, 2.05) is 60.7 Å². The summed E-state index contributed by atoms with van der Waals surface area (Å²) in [5.41, 5.74) is 9.68. The van der Waals surface area contributed by atoms with E-state index in [0.29, 0.717) is 28.6 Å². The van der Waals surface area contributed by atoms with Crippen molar-refractivity contribution in [1.29, 1.82) is 0 Å². The molecule has 0 aliphatic rings. The number of ether oxygens (including phenoxy) is 3. The van der Waals surface area contributed by atoms with Gasteiger partial charge in [-0.05, 0) is 53.1 Å². The maximum absolute atomic E-state index is 12.4. The second-order valence-corrected chi connectivity index (χ2v) is 6.87. The third-order valence-corrected chi connectivity index (χ3v) is 4.72. The molecule has 3 rings (SSSR count). The van der Waals surface area contributed by atoms with Crippen LogP contribution < -0.4 is 25.3 Å². The number of methoxy groups -OCH3 is 3. The van der Waals surface area contributed by atoms with Crippen molar-refractivity contribution in [3.63, 3.8) is 0 Å². The number of nitrogen functional groups attached to an aromatic ring is 1. The molecule has 0 saturated carbocycles. The van der Waals surface area contributed by atoms with Crippen LogP contribution in [0.4, 0.5) is 11.4 Å². The van der Waals surface area contributed by atoms with Gasteiger partial charge in [0.05, 0.1) is 21.3 Å². The Bertz CT molecular complexity index is 1110. The van der Waals surface area contributed by atoms with Crippen molar-refractivity contribution in [2.75, 3.05) is 32.4 Å². The van der Waals surface area contributed by atoms with E-state index in [4.69, 9.17) is 19.9 Å². The quantitative estimate of drug-likeness (QED) is 0.295. The van der Waals surface area contributed by atoms with E-state index in [-0.39, 0.29) is 5.91 Å². The molecule has 0 spiro atoms. The van der Waals surface area contributed by atoms with E-state index in [2.05, 4.69) is 5.32 Å². The molecule has 0 radical (unpaired) electrons. The summed E-state index contributed by atoms with van der Waals surface area (Å²) >= 11 is 0. The van der Waals surface area contributed by atoms with Gasteiger partial charge >= 0.3 is 0 Å². The third-order valence-electron chi connectivity index (χ3n) is 4.72. The number of amides is 1. The molecule has 3 aromatic rings. The van der Waals surface area contributed by atoms with Gasteiger partial charge in [0.15, 0.2) is 11.5 Å². The van der Waals surface area contributed by atoms with Crippen LogP contribution in [-0.2, 0) is 4.79 Å². The van der Waals surface area contributed by atoms with Crippen molar-refractivity contribution >= 4 is 35.5 Å². The fourth-order valence-corrected chi connectivity index (χ4v) is 3.09. The van der Waals surface area contributed by atoms with Crippen LogP contribution in [-0.4, -0.2) is 27.2 Å².